The van der Waals surface area contributed by atoms with Gasteiger partial charge in [0.1, 0.15) is 22.9 Å². The highest BCUT2D eigenvalue weighted by molar-refractivity contribution is 6.04. The largest absolute Gasteiger partial charge is 0.508 e. The van der Waals surface area contributed by atoms with Gasteiger partial charge in [0.15, 0.2) is 5.82 Å². The molecular formula is C37H36F2N6O2. The lowest BCUT2D eigenvalue weighted by Crippen LogP contribution is -2.51. The van der Waals surface area contributed by atoms with Gasteiger partial charge in [0.25, 0.3) is 0 Å². The molecule has 2 unspecified atom stereocenters. The van der Waals surface area contributed by atoms with Crippen LogP contribution in [0.25, 0.3) is 32.8 Å². The number of likely N-dealkylation sites (tertiary alicyclic amines) is 1. The van der Waals surface area contributed by atoms with Crippen molar-refractivity contribution in [2.75, 3.05) is 44.2 Å². The van der Waals surface area contributed by atoms with Crippen LogP contribution in [0, 0.1) is 46.6 Å². The van der Waals surface area contributed by atoms with Gasteiger partial charge in [-0.3, -0.25) is 0 Å². The number of piperidine rings is 1. The Morgan fingerprint density at radius 1 is 1.06 bits per heavy atom. The number of anilines is 1. The van der Waals surface area contributed by atoms with Crippen LogP contribution in [0.4, 0.5) is 14.6 Å². The summed E-state index contributed by atoms with van der Waals surface area (Å²) in [7, 11) is 0. The molecule has 4 aromatic rings. The monoisotopic (exact) mass is 634 g/mol. The van der Waals surface area contributed by atoms with Crippen LogP contribution in [0.2, 0.25) is 0 Å². The molecule has 3 aromatic carbocycles. The molecule has 0 radical (unpaired) electrons. The maximum atomic E-state index is 16.9. The van der Waals surface area contributed by atoms with E-state index in [-0.39, 0.29) is 57.2 Å². The SMILES string of the molecule is C#Cc1cccc2cc(O)cc(-c3c(F)cc4c(N5CC6CCC(C5)N6)nc(OCC5(CN6CCC(C#N)CC6)CC5)nc4c3F)c12. The second-order valence-electron chi connectivity index (χ2n) is 13.8. The van der Waals surface area contributed by atoms with E-state index in [1.807, 2.05) is 0 Å². The summed E-state index contributed by atoms with van der Waals surface area (Å²) in [6, 6.07) is 12.4. The number of phenolic OH excluding ortho intramolecular Hbond substituents is 1. The molecule has 47 heavy (non-hydrogen) atoms. The molecule has 3 aliphatic heterocycles. The van der Waals surface area contributed by atoms with Crippen LogP contribution >= 0.6 is 0 Å². The minimum atomic E-state index is -0.855. The summed E-state index contributed by atoms with van der Waals surface area (Å²) >= 11 is 0. The van der Waals surface area contributed by atoms with E-state index < -0.39 is 11.6 Å². The number of aromatic nitrogens is 2. The zero-order valence-corrected chi connectivity index (χ0v) is 26.1. The zero-order valence-electron chi connectivity index (χ0n) is 26.1. The number of nitriles is 1. The number of terminal acetylenes is 1. The van der Waals surface area contributed by atoms with Gasteiger partial charge in [-0.05, 0) is 81.3 Å². The highest BCUT2D eigenvalue weighted by Gasteiger charge is 2.45. The van der Waals surface area contributed by atoms with Crippen LogP contribution in [0.15, 0.2) is 36.4 Å². The summed E-state index contributed by atoms with van der Waals surface area (Å²) in [6.45, 7) is 4.38. The fraction of sp³-hybridized carbons (Fsp3) is 0.432. The van der Waals surface area contributed by atoms with Gasteiger partial charge in [0.2, 0.25) is 0 Å². The second kappa shape index (κ2) is 11.6. The number of aromatic hydroxyl groups is 1. The van der Waals surface area contributed by atoms with Gasteiger partial charge in [0.05, 0.1) is 18.2 Å². The van der Waals surface area contributed by atoms with Gasteiger partial charge < -0.3 is 25.0 Å². The summed E-state index contributed by atoms with van der Waals surface area (Å²) in [5.41, 5.74) is 0.240. The molecule has 0 spiro atoms. The van der Waals surface area contributed by atoms with Crippen LogP contribution in [-0.4, -0.2) is 71.4 Å². The molecule has 1 aliphatic carbocycles. The van der Waals surface area contributed by atoms with Crippen molar-refractivity contribution in [3.05, 3.63) is 53.6 Å². The molecule has 4 aliphatic rings. The average molecular weight is 635 g/mol. The minimum absolute atomic E-state index is 0.0367. The summed E-state index contributed by atoms with van der Waals surface area (Å²) in [6.07, 6.45) is 11.7. The Morgan fingerprint density at radius 2 is 1.83 bits per heavy atom. The van der Waals surface area contributed by atoms with Gasteiger partial charge >= 0.3 is 6.01 Å². The van der Waals surface area contributed by atoms with Crippen molar-refractivity contribution in [3.63, 3.8) is 0 Å². The number of fused-ring (bicyclic) bond motifs is 4. The van der Waals surface area contributed by atoms with E-state index in [1.54, 1.807) is 18.2 Å². The quantitative estimate of drug-likeness (QED) is 0.248. The Bertz CT molecular complexity index is 1960. The molecule has 1 saturated carbocycles. The highest BCUT2D eigenvalue weighted by Crippen LogP contribution is 2.47. The molecule has 2 bridgehead atoms. The third-order valence-corrected chi connectivity index (χ3v) is 10.5. The van der Waals surface area contributed by atoms with Gasteiger partial charge in [-0.2, -0.15) is 15.2 Å². The normalized spacial score (nSPS) is 22.3. The van der Waals surface area contributed by atoms with Crippen molar-refractivity contribution in [3.8, 4) is 41.3 Å². The Balaban J connectivity index is 1.20. The first-order valence-electron chi connectivity index (χ1n) is 16.5. The number of piperazine rings is 1. The predicted octanol–water partition coefficient (Wildman–Crippen LogP) is 5.75. The van der Waals surface area contributed by atoms with Crippen molar-refractivity contribution in [1.82, 2.24) is 20.2 Å². The molecule has 8 rings (SSSR count). The van der Waals surface area contributed by atoms with Crippen LogP contribution in [0.5, 0.6) is 11.8 Å². The maximum Gasteiger partial charge on any atom is 0.319 e. The molecule has 4 fully saturated rings. The van der Waals surface area contributed by atoms with Crippen molar-refractivity contribution in [2.45, 2.75) is 50.6 Å². The predicted molar refractivity (Wildman–Crippen MR) is 176 cm³/mol. The van der Waals surface area contributed by atoms with E-state index in [4.69, 9.17) is 16.1 Å². The third-order valence-electron chi connectivity index (χ3n) is 10.5. The highest BCUT2D eigenvalue weighted by atomic mass is 19.1. The average Bonchev–Trinajstić information content (AvgIpc) is 3.76. The van der Waals surface area contributed by atoms with Gasteiger partial charge in [-0.1, -0.05) is 18.1 Å². The number of hydrogen-bond donors (Lipinski definition) is 2. The molecule has 0 amide bonds. The molecule has 10 heteroatoms. The van der Waals surface area contributed by atoms with Gasteiger partial charge in [-0.25, -0.2) is 8.78 Å². The fourth-order valence-electron chi connectivity index (χ4n) is 7.85. The van der Waals surface area contributed by atoms with E-state index in [0.717, 1.165) is 58.2 Å². The number of nitrogens with zero attached hydrogens (tertiary/aromatic N) is 5. The second-order valence-corrected chi connectivity index (χ2v) is 13.8. The first-order valence-corrected chi connectivity index (χ1v) is 16.5. The van der Waals surface area contributed by atoms with Crippen molar-refractivity contribution >= 4 is 27.5 Å². The molecule has 4 heterocycles. The maximum absolute atomic E-state index is 16.9. The zero-order chi connectivity index (χ0) is 32.3. The summed E-state index contributed by atoms with van der Waals surface area (Å²) in [5.74, 6) is 1.43. The lowest BCUT2D eigenvalue weighted by Gasteiger charge is -2.34. The summed E-state index contributed by atoms with van der Waals surface area (Å²) < 4.78 is 39.4. The lowest BCUT2D eigenvalue weighted by molar-refractivity contribution is 0.130. The molecule has 240 valence electrons. The van der Waals surface area contributed by atoms with E-state index >= 15 is 8.78 Å². The number of benzene rings is 3. The summed E-state index contributed by atoms with van der Waals surface area (Å²) in [5, 5.41) is 24.8. The molecule has 2 atom stereocenters. The van der Waals surface area contributed by atoms with E-state index in [0.29, 0.717) is 41.9 Å². The molecule has 3 saturated heterocycles. The lowest BCUT2D eigenvalue weighted by atomic mass is 9.93. The Kier molecular flexibility index (Phi) is 7.39. The number of ether oxygens (including phenoxy) is 1. The first kappa shape index (κ1) is 29.9. The molecule has 2 N–H and O–H groups in total. The van der Waals surface area contributed by atoms with E-state index in [2.05, 4.69) is 32.1 Å². The minimum Gasteiger partial charge on any atom is -0.508 e. The third kappa shape index (κ3) is 5.50. The number of phenols is 1. The van der Waals surface area contributed by atoms with E-state index in [9.17, 15) is 10.4 Å². The number of nitrogens with one attached hydrogen (secondary N) is 1. The van der Waals surface area contributed by atoms with Crippen molar-refractivity contribution in [1.29, 1.82) is 5.26 Å². The smallest absolute Gasteiger partial charge is 0.319 e. The first-order chi connectivity index (χ1) is 22.8. The summed E-state index contributed by atoms with van der Waals surface area (Å²) in [4.78, 5) is 13.9. The fourth-order valence-corrected chi connectivity index (χ4v) is 7.85. The van der Waals surface area contributed by atoms with Crippen LogP contribution < -0.4 is 15.0 Å². The van der Waals surface area contributed by atoms with Crippen LogP contribution in [0.1, 0.15) is 44.1 Å². The Labute approximate surface area is 272 Å². The number of halogens is 2. The Hall–Kier alpha value is -4.51. The van der Waals surface area contributed by atoms with Gasteiger partial charge in [-0.15, -0.1) is 6.42 Å². The standard InChI is InChI=1S/C37H36F2N6O2/c1-2-23-4-3-5-24-14-27(46)15-28(31(23)24)32-30(38)16-29-34(33(32)39)42-36(43-35(29)45-18-25-6-7-26(19-45)41-25)47-21-37(10-11-37)20-44-12-8-22(17-40)9-13-44/h1,3-5,14-16,22,25-26,41,46H,6-13,18-21H2. The van der Waals surface area contributed by atoms with Crippen molar-refractivity contribution < 1.29 is 18.6 Å². The molecule has 8 nitrogen and oxygen atoms in total. The molecule has 1 aromatic heterocycles. The number of rotatable bonds is 7. The van der Waals surface area contributed by atoms with E-state index in [1.165, 1.54) is 18.2 Å². The topological polar surface area (TPSA) is 97.5 Å². The Morgan fingerprint density at radius 3 is 2.53 bits per heavy atom. The van der Waals surface area contributed by atoms with Gasteiger partial charge in [0, 0.05) is 65.0 Å². The number of hydrogen-bond acceptors (Lipinski definition) is 8. The van der Waals surface area contributed by atoms with Crippen molar-refractivity contribution in [2.24, 2.45) is 11.3 Å². The molecular weight excluding hydrogens is 598 g/mol. The van der Waals surface area contributed by atoms with Crippen LogP contribution in [-0.2, 0) is 0 Å². The van der Waals surface area contributed by atoms with Crippen LogP contribution in [0.3, 0.4) is 0 Å².